The van der Waals surface area contributed by atoms with Gasteiger partial charge in [0.25, 0.3) is 0 Å². The summed E-state index contributed by atoms with van der Waals surface area (Å²) >= 11 is 6.29. The molecule has 1 aromatic carbocycles. The standard InChI is InChI=1S/C24H25ClFN7O2/c1-16(9-26)35-23(34)30-10-17-8-18(25)5-6-19(17)33-21(11-30)28-29-22(33)32-14-24(15-32)12-31(13-24)20-4-2-3-7-27-20/h2-8,16H,9-15H2,1H3/t16-/m1/s1. The van der Waals surface area contributed by atoms with Crippen molar-refractivity contribution in [2.45, 2.75) is 26.1 Å². The molecule has 0 aliphatic carbocycles. The predicted octanol–water partition coefficient (Wildman–Crippen LogP) is 3.45. The molecule has 182 valence electrons. The largest absolute Gasteiger partial charge is 0.444 e. The fraction of sp³-hybridized carbons (Fsp3) is 0.417. The molecular formula is C24H25ClFN7O2. The molecule has 1 atom stereocenters. The lowest BCUT2D eigenvalue weighted by Crippen LogP contribution is -2.73. The second kappa shape index (κ2) is 8.37. The van der Waals surface area contributed by atoms with Crippen LogP contribution in [0.25, 0.3) is 5.69 Å². The van der Waals surface area contributed by atoms with E-state index in [0.29, 0.717) is 10.8 Å². The van der Waals surface area contributed by atoms with E-state index in [-0.39, 0.29) is 18.5 Å². The minimum atomic E-state index is -0.816. The van der Waals surface area contributed by atoms with Crippen LogP contribution in [-0.4, -0.2) is 69.7 Å². The average Bonchev–Trinajstić information content (AvgIpc) is 3.12. The van der Waals surface area contributed by atoms with E-state index in [1.807, 2.05) is 47.2 Å². The number of nitrogens with zero attached hydrogens (tertiary/aromatic N) is 7. The van der Waals surface area contributed by atoms with Crippen LogP contribution in [0.4, 0.5) is 21.0 Å². The molecule has 1 amide bonds. The molecule has 2 saturated heterocycles. The van der Waals surface area contributed by atoms with Crippen molar-refractivity contribution in [3.05, 3.63) is 59.0 Å². The van der Waals surface area contributed by atoms with Gasteiger partial charge in [-0.1, -0.05) is 17.7 Å². The van der Waals surface area contributed by atoms with Gasteiger partial charge in [0.1, 0.15) is 18.6 Å². The Morgan fingerprint density at radius 1 is 1.14 bits per heavy atom. The van der Waals surface area contributed by atoms with Gasteiger partial charge in [-0.15, -0.1) is 10.2 Å². The summed E-state index contributed by atoms with van der Waals surface area (Å²) in [7, 11) is 0. The Hall–Kier alpha value is -3.40. The van der Waals surface area contributed by atoms with Gasteiger partial charge in [-0.05, 0) is 42.8 Å². The first kappa shape index (κ1) is 22.1. The molecule has 0 radical (unpaired) electrons. The molecule has 2 fully saturated rings. The first-order valence-corrected chi connectivity index (χ1v) is 12.0. The molecule has 11 heteroatoms. The number of hydrogen-bond acceptors (Lipinski definition) is 7. The second-order valence-corrected chi connectivity index (χ2v) is 10.1. The van der Waals surface area contributed by atoms with Crippen molar-refractivity contribution in [3.8, 4) is 5.69 Å². The van der Waals surface area contributed by atoms with Gasteiger partial charge in [0, 0.05) is 42.8 Å². The number of aromatic nitrogens is 4. The van der Waals surface area contributed by atoms with E-state index >= 15 is 0 Å². The van der Waals surface area contributed by atoms with Crippen LogP contribution in [0.15, 0.2) is 42.6 Å². The minimum Gasteiger partial charge on any atom is -0.444 e. The lowest BCUT2D eigenvalue weighted by atomic mass is 9.73. The van der Waals surface area contributed by atoms with E-state index in [2.05, 4.69) is 25.0 Å². The number of ether oxygens (including phenoxy) is 1. The number of fused-ring (bicyclic) bond motifs is 3. The van der Waals surface area contributed by atoms with Crippen LogP contribution in [0.3, 0.4) is 0 Å². The van der Waals surface area contributed by atoms with Crippen molar-refractivity contribution in [2.75, 3.05) is 42.7 Å². The first-order valence-electron chi connectivity index (χ1n) is 11.6. The Balaban J connectivity index is 1.24. The third-order valence-corrected chi connectivity index (χ3v) is 7.06. The molecule has 6 rings (SSSR count). The summed E-state index contributed by atoms with van der Waals surface area (Å²) in [5.41, 5.74) is 1.95. The Labute approximate surface area is 207 Å². The zero-order valence-electron chi connectivity index (χ0n) is 19.3. The summed E-state index contributed by atoms with van der Waals surface area (Å²) in [6.07, 6.45) is 0.411. The van der Waals surface area contributed by atoms with E-state index in [1.54, 1.807) is 0 Å². The number of anilines is 2. The van der Waals surface area contributed by atoms with Crippen LogP contribution in [0.1, 0.15) is 18.3 Å². The zero-order valence-corrected chi connectivity index (χ0v) is 20.0. The van der Waals surface area contributed by atoms with E-state index in [4.69, 9.17) is 16.3 Å². The number of rotatable bonds is 4. The molecule has 3 aromatic rings. The van der Waals surface area contributed by atoms with Crippen molar-refractivity contribution in [1.82, 2.24) is 24.6 Å². The lowest BCUT2D eigenvalue weighted by molar-refractivity contribution is 0.0547. The van der Waals surface area contributed by atoms with Crippen LogP contribution in [0.5, 0.6) is 0 Å². The molecule has 0 N–H and O–H groups in total. The van der Waals surface area contributed by atoms with Crippen LogP contribution >= 0.6 is 11.6 Å². The molecule has 3 aliphatic rings. The van der Waals surface area contributed by atoms with Crippen LogP contribution < -0.4 is 9.80 Å². The van der Waals surface area contributed by atoms with Crippen LogP contribution in [0, 0.1) is 5.41 Å². The Morgan fingerprint density at radius 3 is 2.69 bits per heavy atom. The topological polar surface area (TPSA) is 79.6 Å². The maximum absolute atomic E-state index is 12.9. The van der Waals surface area contributed by atoms with Crippen molar-refractivity contribution >= 4 is 29.5 Å². The SMILES string of the molecule is C[C@H](CF)OC(=O)N1Cc2cc(Cl)ccc2-n2c(nnc2N2CC3(CN(c4ccccn4)C3)C2)C1. The van der Waals surface area contributed by atoms with E-state index in [0.717, 1.165) is 49.2 Å². The van der Waals surface area contributed by atoms with Crippen molar-refractivity contribution in [2.24, 2.45) is 5.41 Å². The number of hydrogen-bond donors (Lipinski definition) is 0. The summed E-state index contributed by atoms with van der Waals surface area (Å²) in [5.74, 6) is 2.38. The molecule has 5 heterocycles. The molecule has 0 unspecified atom stereocenters. The summed E-state index contributed by atoms with van der Waals surface area (Å²) in [5, 5.41) is 9.49. The Kier molecular flexibility index (Phi) is 5.28. The highest BCUT2D eigenvalue weighted by molar-refractivity contribution is 6.30. The van der Waals surface area contributed by atoms with Gasteiger partial charge < -0.3 is 14.5 Å². The smallest absolute Gasteiger partial charge is 0.410 e. The summed E-state index contributed by atoms with van der Waals surface area (Å²) in [6.45, 7) is 4.92. The van der Waals surface area contributed by atoms with Gasteiger partial charge in [-0.2, -0.15) is 0 Å². The molecule has 9 nitrogen and oxygen atoms in total. The van der Waals surface area contributed by atoms with Crippen molar-refractivity contribution in [1.29, 1.82) is 0 Å². The molecule has 2 aromatic heterocycles. The molecule has 35 heavy (non-hydrogen) atoms. The summed E-state index contributed by atoms with van der Waals surface area (Å²) in [6, 6.07) is 11.6. The molecule has 0 saturated carbocycles. The van der Waals surface area contributed by atoms with Crippen molar-refractivity contribution in [3.63, 3.8) is 0 Å². The third kappa shape index (κ3) is 3.85. The fourth-order valence-corrected chi connectivity index (χ4v) is 5.37. The molecule has 1 spiro atoms. The molecule has 0 bridgehead atoms. The quantitative estimate of drug-likeness (QED) is 0.546. The maximum Gasteiger partial charge on any atom is 0.410 e. The molecular weight excluding hydrogens is 473 g/mol. The Morgan fingerprint density at radius 2 is 1.94 bits per heavy atom. The highest BCUT2D eigenvalue weighted by Crippen LogP contribution is 2.44. The van der Waals surface area contributed by atoms with Crippen molar-refractivity contribution < 1.29 is 13.9 Å². The number of benzene rings is 1. The summed E-state index contributed by atoms with van der Waals surface area (Å²) < 4.78 is 20.2. The average molecular weight is 498 g/mol. The number of pyridine rings is 1. The first-order chi connectivity index (χ1) is 16.9. The van der Waals surface area contributed by atoms with Crippen LogP contribution in [0.2, 0.25) is 5.02 Å². The lowest BCUT2D eigenvalue weighted by Gasteiger charge is -2.60. The Bertz CT molecular complexity index is 1260. The van der Waals surface area contributed by atoms with E-state index < -0.39 is 18.9 Å². The van der Waals surface area contributed by atoms with Gasteiger partial charge in [-0.25, -0.2) is 14.2 Å². The van der Waals surface area contributed by atoms with Gasteiger partial charge in [0.15, 0.2) is 5.82 Å². The van der Waals surface area contributed by atoms with Gasteiger partial charge in [0.05, 0.1) is 18.8 Å². The minimum absolute atomic E-state index is 0.198. The molecule has 3 aliphatic heterocycles. The van der Waals surface area contributed by atoms with Crippen LogP contribution in [-0.2, 0) is 17.8 Å². The van der Waals surface area contributed by atoms with Gasteiger partial charge in [-0.3, -0.25) is 9.47 Å². The number of alkyl halides is 1. The van der Waals surface area contributed by atoms with Gasteiger partial charge >= 0.3 is 6.09 Å². The van der Waals surface area contributed by atoms with Gasteiger partial charge in [0.2, 0.25) is 5.95 Å². The number of carbonyl (C=O) groups is 1. The summed E-state index contributed by atoms with van der Waals surface area (Å²) in [4.78, 5) is 23.2. The van der Waals surface area contributed by atoms with E-state index in [9.17, 15) is 9.18 Å². The monoisotopic (exact) mass is 497 g/mol. The number of halogens is 2. The normalized spacial score (nSPS) is 18.8. The predicted molar refractivity (Wildman–Crippen MR) is 129 cm³/mol. The highest BCUT2D eigenvalue weighted by Gasteiger charge is 2.53. The number of amides is 1. The van der Waals surface area contributed by atoms with E-state index in [1.165, 1.54) is 11.8 Å². The zero-order chi connectivity index (χ0) is 24.2. The number of carbonyl (C=O) groups excluding carboxylic acids is 1. The highest BCUT2D eigenvalue weighted by atomic mass is 35.5. The second-order valence-electron chi connectivity index (χ2n) is 9.63. The third-order valence-electron chi connectivity index (χ3n) is 6.83. The fourth-order valence-electron chi connectivity index (χ4n) is 5.17. The maximum atomic E-state index is 12.9.